The average molecular weight is 262 g/mol. The van der Waals surface area contributed by atoms with Gasteiger partial charge in [-0.2, -0.15) is 0 Å². The van der Waals surface area contributed by atoms with Crippen LogP contribution < -0.4 is 10.5 Å². The molecule has 1 aliphatic rings. The standard InChI is InChI=1S/C15H22N2O2/c1-3-19-12-9-7-11(8-10-12)15-13(16)5-4-6-14(18)17(15)2/h7-10,13,15H,3-6,16H2,1-2H3. The number of likely N-dealkylation sites (tertiary alicyclic amines) is 1. The highest BCUT2D eigenvalue weighted by molar-refractivity contribution is 5.76. The van der Waals surface area contributed by atoms with E-state index < -0.39 is 0 Å². The minimum Gasteiger partial charge on any atom is -0.494 e. The van der Waals surface area contributed by atoms with E-state index >= 15 is 0 Å². The molecule has 1 fully saturated rings. The monoisotopic (exact) mass is 262 g/mol. The van der Waals surface area contributed by atoms with Crippen molar-refractivity contribution in [3.63, 3.8) is 0 Å². The van der Waals surface area contributed by atoms with Gasteiger partial charge in [-0.05, 0) is 37.5 Å². The molecule has 2 rings (SSSR count). The molecule has 0 aromatic heterocycles. The van der Waals surface area contributed by atoms with Crippen LogP contribution in [-0.2, 0) is 4.79 Å². The smallest absolute Gasteiger partial charge is 0.222 e. The molecule has 1 aliphatic heterocycles. The summed E-state index contributed by atoms with van der Waals surface area (Å²) in [5.74, 6) is 1.02. The molecule has 1 aromatic carbocycles. The molecule has 1 saturated heterocycles. The van der Waals surface area contributed by atoms with Crippen molar-refractivity contribution in [2.24, 2.45) is 5.73 Å². The lowest BCUT2D eigenvalue weighted by atomic mass is 9.96. The van der Waals surface area contributed by atoms with Gasteiger partial charge < -0.3 is 15.4 Å². The van der Waals surface area contributed by atoms with E-state index in [1.807, 2.05) is 38.2 Å². The summed E-state index contributed by atoms with van der Waals surface area (Å²) in [5, 5.41) is 0. The van der Waals surface area contributed by atoms with E-state index in [0.29, 0.717) is 13.0 Å². The third-order valence-electron chi connectivity index (χ3n) is 3.68. The van der Waals surface area contributed by atoms with Gasteiger partial charge in [-0.15, -0.1) is 0 Å². The van der Waals surface area contributed by atoms with Crippen LogP contribution in [0.15, 0.2) is 24.3 Å². The Morgan fingerprint density at radius 2 is 2.05 bits per heavy atom. The van der Waals surface area contributed by atoms with E-state index in [4.69, 9.17) is 10.5 Å². The number of carbonyl (C=O) groups excluding carboxylic acids is 1. The van der Waals surface area contributed by atoms with Crippen molar-refractivity contribution in [1.82, 2.24) is 4.90 Å². The highest BCUT2D eigenvalue weighted by Crippen LogP contribution is 2.29. The molecule has 0 saturated carbocycles. The fourth-order valence-electron chi connectivity index (χ4n) is 2.66. The van der Waals surface area contributed by atoms with Gasteiger partial charge in [0.15, 0.2) is 0 Å². The van der Waals surface area contributed by atoms with E-state index in [9.17, 15) is 4.79 Å². The van der Waals surface area contributed by atoms with Crippen LogP contribution in [0.1, 0.15) is 37.8 Å². The van der Waals surface area contributed by atoms with Gasteiger partial charge >= 0.3 is 0 Å². The normalized spacial score (nSPS) is 24.2. The van der Waals surface area contributed by atoms with Gasteiger partial charge in [-0.1, -0.05) is 12.1 Å². The maximum Gasteiger partial charge on any atom is 0.222 e. The number of ether oxygens (including phenoxy) is 1. The van der Waals surface area contributed by atoms with Crippen LogP contribution in [0.4, 0.5) is 0 Å². The highest BCUT2D eigenvalue weighted by atomic mass is 16.5. The molecule has 2 atom stereocenters. The zero-order valence-corrected chi connectivity index (χ0v) is 11.6. The van der Waals surface area contributed by atoms with Crippen molar-refractivity contribution in [2.75, 3.05) is 13.7 Å². The van der Waals surface area contributed by atoms with Crippen molar-refractivity contribution in [1.29, 1.82) is 0 Å². The Bertz CT molecular complexity index is 430. The number of hydrogen-bond acceptors (Lipinski definition) is 3. The Labute approximate surface area is 114 Å². The third-order valence-corrected chi connectivity index (χ3v) is 3.68. The van der Waals surface area contributed by atoms with E-state index in [2.05, 4.69) is 0 Å². The summed E-state index contributed by atoms with van der Waals surface area (Å²) in [4.78, 5) is 13.7. The molecule has 0 spiro atoms. The molecule has 1 aromatic rings. The average Bonchev–Trinajstić information content (AvgIpc) is 2.52. The molecule has 0 bridgehead atoms. The second kappa shape index (κ2) is 6.06. The fourth-order valence-corrected chi connectivity index (χ4v) is 2.66. The lowest BCUT2D eigenvalue weighted by Gasteiger charge is -2.30. The molecule has 1 amide bonds. The maximum absolute atomic E-state index is 12.0. The first-order valence-electron chi connectivity index (χ1n) is 6.87. The number of nitrogens with zero attached hydrogens (tertiary/aromatic N) is 1. The second-order valence-electron chi connectivity index (χ2n) is 5.01. The Balaban J connectivity index is 2.23. The molecular formula is C15H22N2O2. The SMILES string of the molecule is CCOc1ccc(C2C(N)CCCC(=O)N2C)cc1. The zero-order valence-electron chi connectivity index (χ0n) is 11.6. The van der Waals surface area contributed by atoms with Crippen LogP contribution in [0.5, 0.6) is 5.75 Å². The largest absolute Gasteiger partial charge is 0.494 e. The van der Waals surface area contributed by atoms with Gasteiger partial charge in [-0.25, -0.2) is 0 Å². The van der Waals surface area contributed by atoms with Gasteiger partial charge in [-0.3, -0.25) is 4.79 Å². The van der Waals surface area contributed by atoms with Gasteiger partial charge in [0.25, 0.3) is 0 Å². The zero-order chi connectivity index (χ0) is 13.8. The topological polar surface area (TPSA) is 55.6 Å². The lowest BCUT2D eigenvalue weighted by Crippen LogP contribution is -2.39. The predicted molar refractivity (Wildman–Crippen MR) is 74.9 cm³/mol. The van der Waals surface area contributed by atoms with Crippen molar-refractivity contribution >= 4 is 5.91 Å². The molecule has 4 nitrogen and oxygen atoms in total. The van der Waals surface area contributed by atoms with Crippen molar-refractivity contribution < 1.29 is 9.53 Å². The molecule has 19 heavy (non-hydrogen) atoms. The van der Waals surface area contributed by atoms with Gasteiger partial charge in [0.1, 0.15) is 5.75 Å². The number of hydrogen-bond donors (Lipinski definition) is 1. The molecule has 2 N–H and O–H groups in total. The lowest BCUT2D eigenvalue weighted by molar-refractivity contribution is -0.131. The maximum atomic E-state index is 12.0. The van der Waals surface area contributed by atoms with Crippen molar-refractivity contribution in [3.8, 4) is 5.75 Å². The summed E-state index contributed by atoms with van der Waals surface area (Å²) in [7, 11) is 1.84. The minimum atomic E-state index is -0.0364. The molecule has 4 heteroatoms. The summed E-state index contributed by atoms with van der Waals surface area (Å²) in [6.45, 7) is 2.61. The van der Waals surface area contributed by atoms with Crippen LogP contribution >= 0.6 is 0 Å². The second-order valence-corrected chi connectivity index (χ2v) is 5.01. The fraction of sp³-hybridized carbons (Fsp3) is 0.533. The van der Waals surface area contributed by atoms with Crippen LogP contribution in [-0.4, -0.2) is 30.5 Å². The molecule has 0 radical (unpaired) electrons. The van der Waals surface area contributed by atoms with Crippen LogP contribution in [0, 0.1) is 0 Å². The van der Waals surface area contributed by atoms with Crippen molar-refractivity contribution in [3.05, 3.63) is 29.8 Å². The predicted octanol–water partition coefficient (Wildman–Crippen LogP) is 2.10. The van der Waals surface area contributed by atoms with E-state index in [1.165, 1.54) is 0 Å². The number of benzene rings is 1. The molecule has 1 heterocycles. The Kier molecular flexibility index (Phi) is 4.43. The summed E-state index contributed by atoms with van der Waals surface area (Å²) in [5.41, 5.74) is 7.31. The quantitative estimate of drug-likeness (QED) is 0.907. The molecule has 104 valence electrons. The van der Waals surface area contributed by atoms with E-state index in [-0.39, 0.29) is 18.0 Å². The van der Waals surface area contributed by atoms with Gasteiger partial charge in [0.05, 0.1) is 12.6 Å². The van der Waals surface area contributed by atoms with Crippen LogP contribution in [0.25, 0.3) is 0 Å². The molecule has 2 unspecified atom stereocenters. The van der Waals surface area contributed by atoms with Crippen molar-refractivity contribution in [2.45, 2.75) is 38.3 Å². The summed E-state index contributed by atoms with van der Waals surface area (Å²) in [6, 6.07) is 7.85. The highest BCUT2D eigenvalue weighted by Gasteiger charge is 2.30. The third kappa shape index (κ3) is 3.07. The van der Waals surface area contributed by atoms with Crippen LogP contribution in [0.3, 0.4) is 0 Å². The summed E-state index contributed by atoms with van der Waals surface area (Å²) < 4.78 is 5.44. The Hall–Kier alpha value is -1.55. The Morgan fingerprint density at radius 1 is 1.37 bits per heavy atom. The first-order valence-corrected chi connectivity index (χ1v) is 6.87. The van der Waals surface area contributed by atoms with Crippen LogP contribution in [0.2, 0.25) is 0 Å². The minimum absolute atomic E-state index is 0.00519. The van der Waals surface area contributed by atoms with Gasteiger partial charge in [0.2, 0.25) is 5.91 Å². The number of carbonyl (C=O) groups is 1. The number of rotatable bonds is 3. The van der Waals surface area contributed by atoms with E-state index in [1.54, 1.807) is 4.90 Å². The number of nitrogens with two attached hydrogens (primary N) is 1. The summed E-state index contributed by atoms with van der Waals surface area (Å²) >= 11 is 0. The van der Waals surface area contributed by atoms with E-state index in [0.717, 1.165) is 24.2 Å². The molecular weight excluding hydrogens is 240 g/mol. The Morgan fingerprint density at radius 3 is 2.68 bits per heavy atom. The number of likely N-dealkylation sites (N-methyl/N-ethyl adjacent to an activating group) is 1. The first kappa shape index (κ1) is 13.9. The van der Waals surface area contributed by atoms with Gasteiger partial charge in [0, 0.05) is 19.5 Å². The first-order chi connectivity index (χ1) is 9.13. The summed E-state index contributed by atoms with van der Waals surface area (Å²) in [6.07, 6.45) is 2.35. The molecule has 0 aliphatic carbocycles. The number of amides is 1.